The highest BCUT2D eigenvalue weighted by atomic mass is 35.5. The van der Waals surface area contributed by atoms with Crippen LogP contribution in [0.5, 0.6) is 0 Å². The molecule has 0 heterocycles. The van der Waals surface area contributed by atoms with E-state index in [2.05, 4.69) is 5.32 Å². The molecule has 0 aromatic heterocycles. The third-order valence-electron chi connectivity index (χ3n) is 6.29. The topological polar surface area (TPSA) is 86.8 Å². The lowest BCUT2D eigenvalue weighted by Gasteiger charge is -2.33. The van der Waals surface area contributed by atoms with E-state index in [1.54, 1.807) is 24.3 Å². The number of sulfonamides is 1. The van der Waals surface area contributed by atoms with Gasteiger partial charge in [-0.2, -0.15) is 0 Å². The highest BCUT2D eigenvalue weighted by Crippen LogP contribution is 2.33. The van der Waals surface area contributed by atoms with E-state index in [-0.39, 0.29) is 39.0 Å². The molecule has 0 bridgehead atoms. The number of rotatable bonds is 12. The minimum Gasteiger partial charge on any atom is -0.354 e. The van der Waals surface area contributed by atoms with Gasteiger partial charge in [0.1, 0.15) is 12.6 Å². The second kappa shape index (κ2) is 14.0. The van der Waals surface area contributed by atoms with Gasteiger partial charge in [-0.1, -0.05) is 92.0 Å². The number of benzene rings is 3. The number of halogens is 2. The maximum atomic E-state index is 14.1. The van der Waals surface area contributed by atoms with Crippen LogP contribution in [0.25, 0.3) is 0 Å². The summed E-state index contributed by atoms with van der Waals surface area (Å²) in [5.74, 6) is -0.627. The van der Waals surface area contributed by atoms with Crippen molar-refractivity contribution >= 4 is 50.7 Å². The van der Waals surface area contributed by atoms with Gasteiger partial charge in [0.2, 0.25) is 11.8 Å². The molecule has 2 amide bonds. The van der Waals surface area contributed by atoms with Crippen molar-refractivity contribution in [2.45, 2.75) is 51.6 Å². The average molecular weight is 605 g/mol. The molecule has 0 radical (unpaired) electrons. The SMILES string of the molecule is CCC(C(=O)NCC(C)C)N(Cc1cccc(C)c1)C(=O)CN(c1cc(Cl)ccc1Cl)S(=O)(=O)c1ccccc1. The van der Waals surface area contributed by atoms with Crippen LogP contribution in [0, 0.1) is 12.8 Å². The molecular weight excluding hydrogens is 569 g/mol. The number of amides is 2. The molecule has 0 saturated heterocycles. The van der Waals surface area contributed by atoms with Crippen molar-refractivity contribution < 1.29 is 18.0 Å². The summed E-state index contributed by atoms with van der Waals surface area (Å²) < 4.78 is 28.7. The molecule has 0 fully saturated rings. The molecule has 0 aliphatic heterocycles. The summed E-state index contributed by atoms with van der Waals surface area (Å²) in [5, 5.41) is 3.29. The highest BCUT2D eigenvalue weighted by molar-refractivity contribution is 7.92. The van der Waals surface area contributed by atoms with E-state index in [9.17, 15) is 18.0 Å². The highest BCUT2D eigenvalue weighted by Gasteiger charge is 2.34. The van der Waals surface area contributed by atoms with Crippen LogP contribution in [-0.4, -0.2) is 44.3 Å². The summed E-state index contributed by atoms with van der Waals surface area (Å²) in [5.41, 5.74) is 1.89. The van der Waals surface area contributed by atoms with Gasteiger partial charge in [-0.25, -0.2) is 8.42 Å². The first-order valence-corrected chi connectivity index (χ1v) is 15.3. The molecule has 1 atom stereocenters. The minimum absolute atomic E-state index is 0.00852. The molecule has 3 aromatic carbocycles. The maximum Gasteiger partial charge on any atom is 0.264 e. The zero-order valence-electron chi connectivity index (χ0n) is 23.1. The van der Waals surface area contributed by atoms with E-state index >= 15 is 0 Å². The summed E-state index contributed by atoms with van der Waals surface area (Å²) in [4.78, 5) is 28.8. The molecule has 3 aromatic rings. The number of nitrogens with one attached hydrogen (secondary N) is 1. The lowest BCUT2D eigenvalue weighted by Crippen LogP contribution is -2.52. The standard InChI is InChI=1S/C30H35Cl2N3O4S/c1-5-27(30(37)33-18-21(2)3)34(19-23-11-9-10-22(4)16-23)29(36)20-35(28-17-24(31)14-15-26(28)32)40(38,39)25-12-7-6-8-13-25/h6-17,21,27H,5,18-20H2,1-4H3,(H,33,37). The first-order valence-electron chi connectivity index (χ1n) is 13.1. The molecule has 0 spiro atoms. The van der Waals surface area contributed by atoms with Gasteiger partial charge in [-0.05, 0) is 55.2 Å². The van der Waals surface area contributed by atoms with Crippen molar-refractivity contribution in [2.24, 2.45) is 5.92 Å². The Labute approximate surface area is 247 Å². The molecule has 40 heavy (non-hydrogen) atoms. The van der Waals surface area contributed by atoms with Gasteiger partial charge in [-0.3, -0.25) is 13.9 Å². The second-order valence-corrected chi connectivity index (χ2v) is 12.7. The van der Waals surface area contributed by atoms with E-state index in [0.29, 0.717) is 13.0 Å². The Balaban J connectivity index is 2.08. The summed E-state index contributed by atoms with van der Waals surface area (Å²) in [6, 6.07) is 19.0. The Morgan fingerprint density at radius 3 is 2.27 bits per heavy atom. The van der Waals surface area contributed by atoms with E-state index < -0.39 is 28.5 Å². The van der Waals surface area contributed by atoms with Crippen LogP contribution in [0.1, 0.15) is 38.3 Å². The number of anilines is 1. The number of carbonyl (C=O) groups excluding carboxylic acids is 2. The smallest absolute Gasteiger partial charge is 0.264 e. The van der Waals surface area contributed by atoms with Crippen molar-refractivity contribution in [3.8, 4) is 0 Å². The monoisotopic (exact) mass is 603 g/mol. The predicted octanol–water partition coefficient (Wildman–Crippen LogP) is 6.08. The van der Waals surface area contributed by atoms with Crippen LogP contribution in [-0.2, 0) is 26.2 Å². The number of carbonyl (C=O) groups is 2. The number of hydrogen-bond acceptors (Lipinski definition) is 4. The van der Waals surface area contributed by atoms with Gasteiger partial charge >= 0.3 is 0 Å². The molecule has 1 N–H and O–H groups in total. The predicted molar refractivity (Wildman–Crippen MR) is 161 cm³/mol. The first kappa shape index (κ1) is 31.5. The third kappa shape index (κ3) is 7.99. The average Bonchev–Trinajstić information content (AvgIpc) is 2.92. The minimum atomic E-state index is -4.23. The maximum absolute atomic E-state index is 14.1. The van der Waals surface area contributed by atoms with Crippen molar-refractivity contribution in [3.63, 3.8) is 0 Å². The molecule has 0 saturated carbocycles. The van der Waals surface area contributed by atoms with Crippen molar-refractivity contribution in [3.05, 3.63) is 94.0 Å². The summed E-state index contributed by atoms with van der Waals surface area (Å²) >= 11 is 12.7. The van der Waals surface area contributed by atoms with E-state index in [1.165, 1.54) is 29.2 Å². The fourth-order valence-electron chi connectivity index (χ4n) is 4.26. The number of hydrogen-bond donors (Lipinski definition) is 1. The Hall–Kier alpha value is -3.07. The molecule has 7 nitrogen and oxygen atoms in total. The van der Waals surface area contributed by atoms with Gasteiger partial charge in [0.25, 0.3) is 10.0 Å². The molecule has 1 unspecified atom stereocenters. The first-order chi connectivity index (χ1) is 18.9. The Morgan fingerprint density at radius 2 is 1.65 bits per heavy atom. The molecular formula is C30H35Cl2N3O4S. The quantitative estimate of drug-likeness (QED) is 0.272. The van der Waals surface area contributed by atoms with Crippen molar-refractivity contribution in [2.75, 3.05) is 17.4 Å². The van der Waals surface area contributed by atoms with Crippen LogP contribution < -0.4 is 9.62 Å². The van der Waals surface area contributed by atoms with E-state index in [4.69, 9.17) is 23.2 Å². The van der Waals surface area contributed by atoms with Gasteiger partial charge in [0.15, 0.2) is 0 Å². The molecule has 10 heteroatoms. The Kier molecular flexibility index (Phi) is 11.0. The second-order valence-electron chi connectivity index (χ2n) is 9.99. The Bertz CT molecular complexity index is 1430. The summed E-state index contributed by atoms with van der Waals surface area (Å²) in [7, 11) is -4.23. The van der Waals surface area contributed by atoms with Crippen LogP contribution in [0.3, 0.4) is 0 Å². The van der Waals surface area contributed by atoms with Crippen LogP contribution in [0.4, 0.5) is 5.69 Å². The van der Waals surface area contributed by atoms with E-state index in [0.717, 1.165) is 15.4 Å². The molecule has 214 valence electrons. The normalized spacial score (nSPS) is 12.2. The zero-order chi connectivity index (χ0) is 29.4. The zero-order valence-corrected chi connectivity index (χ0v) is 25.4. The summed E-state index contributed by atoms with van der Waals surface area (Å²) in [6.45, 7) is 7.72. The molecule has 0 aliphatic carbocycles. The fraction of sp³-hybridized carbons (Fsp3) is 0.333. The fourth-order valence-corrected chi connectivity index (χ4v) is 6.14. The van der Waals surface area contributed by atoms with Crippen molar-refractivity contribution in [1.29, 1.82) is 0 Å². The van der Waals surface area contributed by atoms with Gasteiger partial charge < -0.3 is 10.2 Å². The molecule has 3 rings (SSSR count). The lowest BCUT2D eigenvalue weighted by molar-refractivity contribution is -0.140. The van der Waals surface area contributed by atoms with Crippen LogP contribution in [0.15, 0.2) is 77.7 Å². The molecule has 0 aliphatic rings. The lowest BCUT2D eigenvalue weighted by atomic mass is 10.1. The van der Waals surface area contributed by atoms with Crippen molar-refractivity contribution in [1.82, 2.24) is 10.2 Å². The Morgan fingerprint density at radius 1 is 0.950 bits per heavy atom. The van der Waals surface area contributed by atoms with E-state index in [1.807, 2.05) is 52.0 Å². The van der Waals surface area contributed by atoms with Gasteiger partial charge in [0, 0.05) is 18.1 Å². The number of aryl methyl sites for hydroxylation is 1. The number of nitrogens with zero attached hydrogens (tertiary/aromatic N) is 2. The van der Waals surface area contributed by atoms with Crippen LogP contribution in [0.2, 0.25) is 10.0 Å². The van der Waals surface area contributed by atoms with Crippen LogP contribution >= 0.6 is 23.2 Å². The largest absolute Gasteiger partial charge is 0.354 e. The third-order valence-corrected chi connectivity index (χ3v) is 8.62. The summed E-state index contributed by atoms with van der Waals surface area (Å²) in [6.07, 6.45) is 0.338. The van der Waals surface area contributed by atoms with Gasteiger partial charge in [-0.15, -0.1) is 0 Å². The van der Waals surface area contributed by atoms with Gasteiger partial charge in [0.05, 0.1) is 15.6 Å².